The van der Waals surface area contributed by atoms with Gasteiger partial charge in [-0.1, -0.05) is 0 Å². The molecule has 1 atom stereocenters. The Kier molecular flexibility index (Phi) is 4.95. The van der Waals surface area contributed by atoms with Gasteiger partial charge in [-0.15, -0.1) is 0 Å². The van der Waals surface area contributed by atoms with E-state index < -0.39 is 17.9 Å². The van der Waals surface area contributed by atoms with E-state index in [1.165, 1.54) is 29.2 Å². The molecule has 0 radical (unpaired) electrons. The Hall–Kier alpha value is -2.90. The summed E-state index contributed by atoms with van der Waals surface area (Å²) in [7, 11) is 0. The van der Waals surface area contributed by atoms with E-state index in [2.05, 4.69) is 10.6 Å². The second-order valence-corrected chi connectivity index (χ2v) is 5.07. The number of likely N-dealkylation sites (N-methyl/N-ethyl adjacent to an activating group) is 1. The van der Waals surface area contributed by atoms with Crippen LogP contribution in [0.15, 0.2) is 24.3 Å². The Morgan fingerprint density at radius 3 is 2.43 bits per heavy atom. The highest BCUT2D eigenvalue weighted by atomic mass is 16.4. The predicted octanol–water partition coefficient (Wildman–Crippen LogP) is -0.538. The molecule has 8 heteroatoms. The summed E-state index contributed by atoms with van der Waals surface area (Å²) in [5.41, 5.74) is 0.354. The molecule has 1 aliphatic heterocycles. The Labute approximate surface area is 132 Å². The van der Waals surface area contributed by atoms with Gasteiger partial charge in [0.2, 0.25) is 11.8 Å². The molecule has 1 heterocycles. The van der Waals surface area contributed by atoms with Crippen LogP contribution in [0.25, 0.3) is 0 Å². The van der Waals surface area contributed by atoms with Gasteiger partial charge in [-0.05, 0) is 31.2 Å². The molecule has 1 aromatic carbocycles. The number of nitrogens with zero attached hydrogens (tertiary/aromatic N) is 1. The number of nitrogens with one attached hydrogen (secondary N) is 2. The van der Waals surface area contributed by atoms with Gasteiger partial charge in [0.25, 0.3) is 5.91 Å². The van der Waals surface area contributed by atoms with Crippen molar-refractivity contribution in [2.24, 2.45) is 0 Å². The van der Waals surface area contributed by atoms with Gasteiger partial charge in [-0.2, -0.15) is 0 Å². The van der Waals surface area contributed by atoms with Crippen molar-refractivity contribution in [1.82, 2.24) is 15.5 Å². The van der Waals surface area contributed by atoms with Crippen molar-refractivity contribution in [3.63, 3.8) is 0 Å². The molecule has 0 bridgehead atoms. The molecule has 0 aliphatic carbocycles. The number of rotatable bonds is 5. The zero-order valence-corrected chi connectivity index (χ0v) is 12.5. The van der Waals surface area contributed by atoms with Gasteiger partial charge in [0.05, 0.1) is 12.1 Å². The molecule has 2 rings (SSSR count). The van der Waals surface area contributed by atoms with Crippen LogP contribution in [-0.2, 0) is 9.59 Å². The van der Waals surface area contributed by atoms with Crippen LogP contribution in [0.2, 0.25) is 0 Å². The molecule has 0 spiro atoms. The number of carbonyl (C=O) groups is 4. The third-order valence-electron chi connectivity index (χ3n) is 3.52. The molecule has 3 N–H and O–H groups in total. The molecule has 8 nitrogen and oxygen atoms in total. The van der Waals surface area contributed by atoms with Crippen molar-refractivity contribution in [1.29, 1.82) is 0 Å². The number of hydrogen-bond donors (Lipinski definition) is 3. The van der Waals surface area contributed by atoms with E-state index in [4.69, 9.17) is 5.11 Å². The Balaban J connectivity index is 1.96. The van der Waals surface area contributed by atoms with Crippen LogP contribution < -0.4 is 10.6 Å². The lowest BCUT2D eigenvalue weighted by Gasteiger charge is -2.31. The van der Waals surface area contributed by atoms with Gasteiger partial charge in [0, 0.05) is 18.7 Å². The average Bonchev–Trinajstić information content (AvgIpc) is 2.55. The summed E-state index contributed by atoms with van der Waals surface area (Å²) in [4.78, 5) is 47.8. The summed E-state index contributed by atoms with van der Waals surface area (Å²) < 4.78 is 0. The van der Waals surface area contributed by atoms with Crippen LogP contribution in [0, 0.1) is 0 Å². The second-order valence-electron chi connectivity index (χ2n) is 5.07. The summed E-state index contributed by atoms with van der Waals surface area (Å²) in [5.74, 6) is -2.03. The maximum atomic E-state index is 12.1. The second kappa shape index (κ2) is 6.91. The first-order chi connectivity index (χ1) is 10.9. The van der Waals surface area contributed by atoms with Gasteiger partial charge in [0.1, 0.15) is 6.04 Å². The van der Waals surface area contributed by atoms with Gasteiger partial charge in [-0.25, -0.2) is 4.79 Å². The number of benzene rings is 1. The molecule has 1 aromatic rings. The average molecular weight is 319 g/mol. The summed E-state index contributed by atoms with van der Waals surface area (Å²) in [6.45, 7) is 2.19. The zero-order valence-electron chi connectivity index (χ0n) is 12.5. The minimum absolute atomic E-state index is 0.0242. The third kappa shape index (κ3) is 3.85. The van der Waals surface area contributed by atoms with Crippen LogP contribution in [0.1, 0.15) is 27.6 Å². The summed E-state index contributed by atoms with van der Waals surface area (Å²) in [6, 6.07) is 4.63. The number of carbonyl (C=O) groups excluding carboxylic acids is 3. The van der Waals surface area contributed by atoms with E-state index in [-0.39, 0.29) is 36.0 Å². The van der Waals surface area contributed by atoms with Crippen molar-refractivity contribution in [2.75, 3.05) is 19.6 Å². The molecule has 1 fully saturated rings. The monoisotopic (exact) mass is 319 g/mol. The smallest absolute Gasteiger partial charge is 0.335 e. The minimum atomic E-state index is -1.08. The van der Waals surface area contributed by atoms with Gasteiger partial charge >= 0.3 is 5.97 Å². The third-order valence-corrected chi connectivity index (χ3v) is 3.52. The number of carboxylic acids is 1. The summed E-state index contributed by atoms with van der Waals surface area (Å²) >= 11 is 0. The quantitative estimate of drug-likeness (QED) is 0.674. The maximum Gasteiger partial charge on any atom is 0.335 e. The fourth-order valence-electron chi connectivity index (χ4n) is 2.24. The largest absolute Gasteiger partial charge is 0.478 e. The van der Waals surface area contributed by atoms with Gasteiger partial charge in [-0.3, -0.25) is 14.4 Å². The molecule has 1 saturated heterocycles. The van der Waals surface area contributed by atoms with E-state index >= 15 is 0 Å². The van der Waals surface area contributed by atoms with Gasteiger partial charge < -0.3 is 20.6 Å². The lowest BCUT2D eigenvalue weighted by Crippen LogP contribution is -2.61. The summed E-state index contributed by atoms with van der Waals surface area (Å²) in [6.07, 6.45) is 0. The lowest BCUT2D eigenvalue weighted by molar-refractivity contribution is -0.143. The SMILES string of the molecule is CCN1CC(=O)N[C@@H](CNC(=O)c2ccc(C(=O)O)cc2)C1=O. The van der Waals surface area contributed by atoms with Crippen molar-refractivity contribution >= 4 is 23.7 Å². The van der Waals surface area contributed by atoms with E-state index in [0.29, 0.717) is 6.54 Å². The number of carboxylic acid groups (broad SMARTS) is 1. The maximum absolute atomic E-state index is 12.1. The van der Waals surface area contributed by atoms with Crippen LogP contribution in [-0.4, -0.2) is 59.4 Å². The molecule has 0 saturated carbocycles. The highest BCUT2D eigenvalue weighted by Crippen LogP contribution is 2.05. The number of hydrogen-bond acceptors (Lipinski definition) is 4. The first kappa shape index (κ1) is 16.5. The molecule has 1 aliphatic rings. The lowest BCUT2D eigenvalue weighted by atomic mass is 10.1. The highest BCUT2D eigenvalue weighted by Gasteiger charge is 2.31. The molecule has 3 amide bonds. The van der Waals surface area contributed by atoms with Gasteiger partial charge in [0.15, 0.2) is 0 Å². The zero-order chi connectivity index (χ0) is 17.0. The first-order valence-electron chi connectivity index (χ1n) is 7.12. The normalized spacial score (nSPS) is 17.6. The van der Waals surface area contributed by atoms with Crippen molar-refractivity contribution in [3.8, 4) is 0 Å². The molecule has 0 aromatic heterocycles. The molecule has 122 valence electrons. The van der Waals surface area contributed by atoms with Crippen LogP contribution in [0.4, 0.5) is 0 Å². The van der Waals surface area contributed by atoms with Crippen molar-refractivity contribution in [3.05, 3.63) is 35.4 Å². The standard InChI is InChI=1S/C15H17N3O5/c1-2-18-8-12(19)17-11(14(18)21)7-16-13(20)9-3-5-10(6-4-9)15(22)23/h3-6,11H,2,7-8H2,1H3,(H,16,20)(H,17,19)(H,22,23)/t11-/m0/s1. The Morgan fingerprint density at radius 2 is 1.87 bits per heavy atom. The topological polar surface area (TPSA) is 116 Å². The van der Waals surface area contributed by atoms with E-state index in [1.54, 1.807) is 6.92 Å². The highest BCUT2D eigenvalue weighted by molar-refractivity contribution is 5.98. The molecule has 23 heavy (non-hydrogen) atoms. The van der Waals surface area contributed by atoms with E-state index in [9.17, 15) is 19.2 Å². The van der Waals surface area contributed by atoms with Crippen LogP contribution in [0.3, 0.4) is 0 Å². The first-order valence-corrected chi connectivity index (χ1v) is 7.12. The van der Waals surface area contributed by atoms with Crippen LogP contribution in [0.5, 0.6) is 0 Å². The number of amides is 3. The minimum Gasteiger partial charge on any atom is -0.478 e. The van der Waals surface area contributed by atoms with Crippen molar-refractivity contribution in [2.45, 2.75) is 13.0 Å². The predicted molar refractivity (Wildman–Crippen MR) is 79.9 cm³/mol. The van der Waals surface area contributed by atoms with E-state index in [1.807, 2.05) is 0 Å². The van der Waals surface area contributed by atoms with Crippen LogP contribution >= 0.6 is 0 Å². The Morgan fingerprint density at radius 1 is 1.26 bits per heavy atom. The fraction of sp³-hybridized carbons (Fsp3) is 0.333. The number of aromatic carboxylic acids is 1. The molecular weight excluding hydrogens is 302 g/mol. The fourth-order valence-corrected chi connectivity index (χ4v) is 2.24. The molecule has 0 unspecified atom stereocenters. The number of piperazine rings is 1. The summed E-state index contributed by atoms with van der Waals surface area (Å²) in [5, 5.41) is 13.9. The molecular formula is C15H17N3O5. The van der Waals surface area contributed by atoms with Crippen molar-refractivity contribution < 1.29 is 24.3 Å². The van der Waals surface area contributed by atoms with E-state index in [0.717, 1.165) is 0 Å². The Bertz CT molecular complexity index is 641.